The first-order valence-electron chi connectivity index (χ1n) is 6.92. The summed E-state index contributed by atoms with van der Waals surface area (Å²) in [6.07, 6.45) is 3.12. The van der Waals surface area contributed by atoms with Crippen molar-refractivity contribution < 1.29 is 13.6 Å². The first kappa shape index (κ1) is 15.5. The molecule has 24 heavy (non-hydrogen) atoms. The first-order chi connectivity index (χ1) is 11.6. The standard InChI is InChI=1S/C17H10F2N4O/c18-17(19)23-6-5-15(22-23)14-7-16(21-9-13(14)10-24)12-3-1-11(8-20)2-4-12/h1-7,9-10,17H. The molecule has 0 fully saturated rings. The number of aldehydes is 1. The number of aromatic nitrogens is 3. The van der Waals surface area contributed by atoms with Crippen molar-refractivity contribution in [2.75, 3.05) is 0 Å². The molecule has 1 aromatic carbocycles. The molecule has 0 aliphatic rings. The highest BCUT2D eigenvalue weighted by Gasteiger charge is 2.14. The van der Waals surface area contributed by atoms with E-state index < -0.39 is 6.55 Å². The lowest BCUT2D eigenvalue weighted by atomic mass is 10.0. The van der Waals surface area contributed by atoms with Crippen molar-refractivity contribution in [3.05, 3.63) is 59.9 Å². The second kappa shape index (κ2) is 6.38. The van der Waals surface area contributed by atoms with Crippen LogP contribution in [-0.4, -0.2) is 21.1 Å². The van der Waals surface area contributed by atoms with E-state index in [2.05, 4.69) is 10.1 Å². The summed E-state index contributed by atoms with van der Waals surface area (Å²) < 4.78 is 25.9. The van der Waals surface area contributed by atoms with Crippen LogP contribution < -0.4 is 0 Å². The summed E-state index contributed by atoms with van der Waals surface area (Å²) >= 11 is 0. The molecule has 2 aromatic heterocycles. The topological polar surface area (TPSA) is 71.6 Å². The molecule has 0 radical (unpaired) electrons. The Balaban J connectivity index is 2.07. The van der Waals surface area contributed by atoms with Crippen LogP contribution in [-0.2, 0) is 0 Å². The highest BCUT2D eigenvalue weighted by Crippen LogP contribution is 2.27. The van der Waals surface area contributed by atoms with E-state index in [1.807, 2.05) is 6.07 Å². The molecule has 118 valence electrons. The van der Waals surface area contributed by atoms with Gasteiger partial charge in [0.05, 0.1) is 23.0 Å². The van der Waals surface area contributed by atoms with Crippen LogP contribution in [0.4, 0.5) is 8.78 Å². The predicted molar refractivity (Wildman–Crippen MR) is 82.2 cm³/mol. The smallest absolute Gasteiger partial charge is 0.298 e. The fraction of sp³-hybridized carbons (Fsp3) is 0.0588. The summed E-state index contributed by atoms with van der Waals surface area (Å²) in [5, 5.41) is 12.6. The average molecular weight is 324 g/mol. The van der Waals surface area contributed by atoms with Crippen LogP contribution in [0.3, 0.4) is 0 Å². The van der Waals surface area contributed by atoms with Crippen LogP contribution in [0.2, 0.25) is 0 Å². The Morgan fingerprint density at radius 1 is 1.17 bits per heavy atom. The molecule has 3 rings (SSSR count). The van der Waals surface area contributed by atoms with Crippen molar-refractivity contribution in [1.29, 1.82) is 5.26 Å². The third-order valence-corrected chi connectivity index (χ3v) is 3.46. The molecule has 7 heteroatoms. The zero-order valence-corrected chi connectivity index (χ0v) is 12.2. The summed E-state index contributed by atoms with van der Waals surface area (Å²) in [7, 11) is 0. The second-order valence-corrected chi connectivity index (χ2v) is 4.92. The molecule has 3 aromatic rings. The highest BCUT2D eigenvalue weighted by atomic mass is 19.3. The first-order valence-corrected chi connectivity index (χ1v) is 6.92. The SMILES string of the molecule is N#Cc1ccc(-c2cc(-c3ccn(C(F)F)n3)c(C=O)cn2)cc1. The van der Waals surface area contributed by atoms with Gasteiger partial charge in [-0.3, -0.25) is 9.78 Å². The van der Waals surface area contributed by atoms with Crippen molar-refractivity contribution in [2.24, 2.45) is 0 Å². The molecule has 0 aliphatic heterocycles. The van der Waals surface area contributed by atoms with Gasteiger partial charge in [-0.15, -0.1) is 0 Å². The van der Waals surface area contributed by atoms with E-state index in [1.54, 1.807) is 30.3 Å². The zero-order valence-electron chi connectivity index (χ0n) is 12.2. The van der Waals surface area contributed by atoms with Gasteiger partial charge in [0.2, 0.25) is 0 Å². The lowest BCUT2D eigenvalue weighted by molar-refractivity contribution is 0.0568. The Morgan fingerprint density at radius 3 is 2.50 bits per heavy atom. The molecule has 2 heterocycles. The highest BCUT2D eigenvalue weighted by molar-refractivity contribution is 5.87. The van der Waals surface area contributed by atoms with Crippen molar-refractivity contribution in [1.82, 2.24) is 14.8 Å². The van der Waals surface area contributed by atoms with E-state index in [1.165, 1.54) is 12.3 Å². The van der Waals surface area contributed by atoms with Gasteiger partial charge in [-0.25, -0.2) is 4.68 Å². The summed E-state index contributed by atoms with van der Waals surface area (Å²) in [5.41, 5.74) is 2.73. The summed E-state index contributed by atoms with van der Waals surface area (Å²) in [6, 6.07) is 11.8. The van der Waals surface area contributed by atoms with E-state index in [0.717, 1.165) is 11.8 Å². The molecule has 0 aliphatic carbocycles. The molecule has 0 N–H and O–H groups in total. The molecule has 0 saturated heterocycles. The Kier molecular flexibility index (Phi) is 4.12. The number of nitriles is 1. The van der Waals surface area contributed by atoms with E-state index in [9.17, 15) is 13.6 Å². The number of pyridine rings is 1. The number of halogens is 2. The normalized spacial score (nSPS) is 10.6. The number of carbonyl (C=O) groups is 1. The number of nitrogens with zero attached hydrogens (tertiary/aromatic N) is 4. The van der Waals surface area contributed by atoms with Gasteiger partial charge < -0.3 is 0 Å². The van der Waals surface area contributed by atoms with Crippen molar-refractivity contribution in [2.45, 2.75) is 6.55 Å². The fourth-order valence-corrected chi connectivity index (χ4v) is 2.25. The number of alkyl halides is 2. The number of rotatable bonds is 4. The van der Waals surface area contributed by atoms with Gasteiger partial charge >= 0.3 is 6.55 Å². The fourth-order valence-electron chi connectivity index (χ4n) is 2.25. The van der Waals surface area contributed by atoms with Gasteiger partial charge in [0.25, 0.3) is 0 Å². The Morgan fingerprint density at radius 2 is 1.92 bits per heavy atom. The number of benzene rings is 1. The minimum Gasteiger partial charge on any atom is -0.298 e. The third-order valence-electron chi connectivity index (χ3n) is 3.46. The van der Waals surface area contributed by atoms with Gasteiger partial charge in [-0.2, -0.15) is 19.1 Å². The Bertz CT molecular complexity index is 927. The predicted octanol–water partition coefficient (Wildman–Crippen LogP) is 3.69. The van der Waals surface area contributed by atoms with Crippen LogP contribution in [0.1, 0.15) is 22.5 Å². The molecule has 0 bridgehead atoms. The van der Waals surface area contributed by atoms with Gasteiger partial charge in [0, 0.05) is 29.1 Å². The van der Waals surface area contributed by atoms with Crippen molar-refractivity contribution in [3.63, 3.8) is 0 Å². The van der Waals surface area contributed by atoms with Gasteiger partial charge in [0.1, 0.15) is 0 Å². The lowest BCUT2D eigenvalue weighted by Crippen LogP contribution is -1.99. The second-order valence-electron chi connectivity index (χ2n) is 4.92. The largest absolute Gasteiger partial charge is 0.333 e. The van der Waals surface area contributed by atoms with Gasteiger partial charge in [0.15, 0.2) is 6.29 Å². The third kappa shape index (κ3) is 2.90. The minimum absolute atomic E-state index is 0.256. The van der Waals surface area contributed by atoms with Gasteiger partial charge in [-0.1, -0.05) is 12.1 Å². The number of carbonyl (C=O) groups excluding carboxylic acids is 1. The van der Waals surface area contributed by atoms with Crippen LogP contribution in [0, 0.1) is 11.3 Å². The molecule has 0 unspecified atom stereocenters. The number of hydrogen-bond acceptors (Lipinski definition) is 4. The maximum Gasteiger partial charge on any atom is 0.333 e. The van der Waals surface area contributed by atoms with E-state index in [0.29, 0.717) is 27.8 Å². The van der Waals surface area contributed by atoms with Crippen LogP contribution >= 0.6 is 0 Å². The lowest BCUT2D eigenvalue weighted by Gasteiger charge is -2.06. The van der Waals surface area contributed by atoms with Crippen molar-refractivity contribution in [3.8, 4) is 28.6 Å². The van der Waals surface area contributed by atoms with E-state index in [-0.39, 0.29) is 11.3 Å². The number of hydrogen-bond donors (Lipinski definition) is 0. The van der Waals surface area contributed by atoms with Crippen molar-refractivity contribution >= 4 is 6.29 Å². The minimum atomic E-state index is -2.75. The molecule has 0 saturated carbocycles. The molecule has 0 amide bonds. The van der Waals surface area contributed by atoms with Crippen LogP contribution in [0.15, 0.2) is 48.8 Å². The van der Waals surface area contributed by atoms with E-state index >= 15 is 0 Å². The van der Waals surface area contributed by atoms with Gasteiger partial charge in [-0.05, 0) is 24.3 Å². The Labute approximate surface area is 135 Å². The average Bonchev–Trinajstić information content (AvgIpc) is 3.11. The Hall–Kier alpha value is -3.40. The maximum absolute atomic E-state index is 12.7. The van der Waals surface area contributed by atoms with E-state index in [4.69, 9.17) is 5.26 Å². The van der Waals surface area contributed by atoms with Crippen LogP contribution in [0.25, 0.3) is 22.5 Å². The molecular formula is C17H10F2N4O. The summed E-state index contributed by atoms with van der Waals surface area (Å²) in [5.74, 6) is 0. The molecule has 0 atom stereocenters. The summed E-state index contributed by atoms with van der Waals surface area (Å²) in [6.45, 7) is -2.75. The monoisotopic (exact) mass is 324 g/mol. The molecule has 0 spiro atoms. The molecular weight excluding hydrogens is 314 g/mol. The summed E-state index contributed by atoms with van der Waals surface area (Å²) in [4.78, 5) is 15.4. The van der Waals surface area contributed by atoms with Crippen LogP contribution in [0.5, 0.6) is 0 Å². The maximum atomic E-state index is 12.7. The molecule has 5 nitrogen and oxygen atoms in total. The quantitative estimate of drug-likeness (QED) is 0.686. The zero-order chi connectivity index (χ0) is 17.1.